The van der Waals surface area contributed by atoms with Gasteiger partial charge in [-0.15, -0.1) is 12.4 Å². The number of amides is 2. The van der Waals surface area contributed by atoms with Crippen LogP contribution in [0.3, 0.4) is 0 Å². The first-order valence-corrected chi connectivity index (χ1v) is 11.8. The van der Waals surface area contributed by atoms with E-state index in [9.17, 15) is 19.5 Å². The van der Waals surface area contributed by atoms with E-state index in [1.54, 1.807) is 36.4 Å². The number of methoxy groups -OCH3 is 1. The number of carbonyl (C=O) groups is 3. The number of aromatic carboxylic acids is 1. The predicted octanol–water partition coefficient (Wildman–Crippen LogP) is 4.20. The van der Waals surface area contributed by atoms with E-state index in [0.717, 1.165) is 12.8 Å². The van der Waals surface area contributed by atoms with E-state index in [-0.39, 0.29) is 46.3 Å². The first-order valence-electron chi connectivity index (χ1n) is 11.8. The molecule has 0 spiro atoms. The second kappa shape index (κ2) is 12.2. The highest BCUT2D eigenvalue weighted by Crippen LogP contribution is 2.34. The topological polar surface area (TPSA) is 167 Å². The number of ether oxygens (including phenoxy) is 1. The minimum Gasteiger partial charge on any atom is -0.496 e. The number of rotatable bonds is 10. The van der Waals surface area contributed by atoms with Gasteiger partial charge in [0.15, 0.2) is 5.69 Å². The molecule has 1 saturated carbocycles. The van der Waals surface area contributed by atoms with E-state index in [1.807, 2.05) is 0 Å². The highest BCUT2D eigenvalue weighted by Gasteiger charge is 2.25. The number of hydrogen-bond donors (Lipinski definition) is 5. The lowest BCUT2D eigenvalue weighted by molar-refractivity contribution is 0.0691. The van der Waals surface area contributed by atoms with E-state index >= 15 is 0 Å². The largest absolute Gasteiger partial charge is 0.496 e. The number of nitrogens with zero attached hydrogens (tertiary/aromatic N) is 1. The van der Waals surface area contributed by atoms with Crippen LogP contribution in [0.1, 0.15) is 55.3 Å². The van der Waals surface area contributed by atoms with Crippen LogP contribution in [-0.2, 0) is 0 Å². The third-order valence-corrected chi connectivity index (χ3v) is 6.16. The Kier molecular flexibility index (Phi) is 9.05. The van der Waals surface area contributed by atoms with Crippen LogP contribution in [0.5, 0.6) is 5.75 Å². The molecule has 10 nitrogen and oxygen atoms in total. The van der Waals surface area contributed by atoms with Gasteiger partial charge in [-0.25, -0.2) is 9.78 Å². The lowest BCUT2D eigenvalue weighted by Gasteiger charge is -2.16. The number of carbonyl (C=O) groups excluding carboxylic acids is 2. The number of halogens is 1. The summed E-state index contributed by atoms with van der Waals surface area (Å²) in [5.74, 6) is -1.61. The maximum atomic E-state index is 13.4. The van der Waals surface area contributed by atoms with Crippen LogP contribution in [0.2, 0.25) is 0 Å². The lowest BCUT2D eigenvalue weighted by Crippen LogP contribution is -2.27. The van der Waals surface area contributed by atoms with Crippen LogP contribution in [0.4, 0.5) is 5.69 Å². The molecule has 2 aromatic carbocycles. The Labute approximate surface area is 231 Å². The number of aromatic nitrogens is 1. The Morgan fingerprint density at radius 1 is 1.13 bits per heavy atom. The summed E-state index contributed by atoms with van der Waals surface area (Å²) in [7, 11) is 1.45. The Morgan fingerprint density at radius 3 is 2.38 bits per heavy atom. The number of amidine groups is 1. The van der Waals surface area contributed by atoms with Gasteiger partial charge < -0.3 is 26.2 Å². The second-order valence-electron chi connectivity index (χ2n) is 8.84. The Bertz CT molecular complexity index is 1450. The van der Waals surface area contributed by atoms with Crippen molar-refractivity contribution in [1.82, 2.24) is 10.3 Å². The number of carboxylic acids is 1. The van der Waals surface area contributed by atoms with Gasteiger partial charge in [0.05, 0.1) is 7.11 Å². The van der Waals surface area contributed by atoms with Gasteiger partial charge in [-0.2, -0.15) is 0 Å². The fourth-order valence-electron chi connectivity index (χ4n) is 3.89. The van der Waals surface area contributed by atoms with Crippen LogP contribution in [0.25, 0.3) is 17.2 Å². The minimum atomic E-state index is -1.35. The molecule has 0 unspecified atom stereocenters. The van der Waals surface area contributed by atoms with Crippen LogP contribution in [-0.4, -0.2) is 47.4 Å². The van der Waals surface area contributed by atoms with Crippen LogP contribution in [0.15, 0.2) is 55.1 Å². The molecule has 0 bridgehead atoms. The maximum Gasteiger partial charge on any atom is 0.355 e. The van der Waals surface area contributed by atoms with Crippen LogP contribution < -0.4 is 21.1 Å². The molecule has 1 aliphatic carbocycles. The van der Waals surface area contributed by atoms with Crippen molar-refractivity contribution >= 4 is 47.8 Å². The predicted molar refractivity (Wildman–Crippen MR) is 151 cm³/mol. The summed E-state index contributed by atoms with van der Waals surface area (Å²) in [5.41, 5.74) is 7.09. The number of nitrogens with one attached hydrogen (secondary N) is 3. The zero-order valence-electron chi connectivity index (χ0n) is 21.1. The average molecular weight is 550 g/mol. The number of pyridine rings is 1. The molecule has 1 aliphatic rings. The monoisotopic (exact) mass is 549 g/mol. The molecule has 1 aromatic heterocycles. The van der Waals surface area contributed by atoms with Crippen molar-refractivity contribution in [2.75, 3.05) is 19.0 Å². The lowest BCUT2D eigenvalue weighted by atomic mass is 9.94. The highest BCUT2D eigenvalue weighted by atomic mass is 35.5. The molecule has 11 heteroatoms. The zero-order chi connectivity index (χ0) is 27.4. The van der Waals surface area contributed by atoms with Crippen LogP contribution in [0, 0.1) is 11.3 Å². The molecular weight excluding hydrogens is 522 g/mol. The number of benzene rings is 2. The fourth-order valence-corrected chi connectivity index (χ4v) is 3.89. The van der Waals surface area contributed by atoms with Crippen molar-refractivity contribution < 1.29 is 24.2 Å². The van der Waals surface area contributed by atoms with Crippen LogP contribution >= 0.6 is 12.4 Å². The Morgan fingerprint density at radius 2 is 1.82 bits per heavy atom. The van der Waals surface area contributed by atoms with E-state index in [4.69, 9.17) is 15.9 Å². The van der Waals surface area contributed by atoms with Crippen molar-refractivity contribution in [3.63, 3.8) is 0 Å². The summed E-state index contributed by atoms with van der Waals surface area (Å²) in [6.07, 6.45) is 3.63. The van der Waals surface area contributed by atoms with Gasteiger partial charge in [0.25, 0.3) is 11.8 Å². The third-order valence-electron chi connectivity index (χ3n) is 6.16. The molecule has 0 saturated heterocycles. The molecule has 0 aliphatic heterocycles. The standard InChI is InChI=1S/C28H27N5O5.ClH/c1-3-16-12-21(26(34)32-18-8-6-17(7-9-18)25(29)30)20(13-23(16)38-2)19-10-11-22(33-24(19)28(36)37)27(35)31-14-15-4-5-15;/h3,6-13,15H,1,4-5,14H2,2H3,(H3,29,30)(H,31,35)(H,32,34)(H,36,37);1H. The molecule has 1 fully saturated rings. The van der Waals surface area contributed by atoms with Gasteiger partial charge in [-0.05, 0) is 67.3 Å². The third kappa shape index (κ3) is 6.60. The summed E-state index contributed by atoms with van der Waals surface area (Å²) in [6.45, 7) is 4.29. The molecule has 3 aromatic rings. The number of carboxylic acid groups (broad SMARTS) is 1. The number of hydrogen-bond acceptors (Lipinski definition) is 6. The molecule has 1 heterocycles. The minimum absolute atomic E-state index is 0. The normalized spacial score (nSPS) is 12.0. The van der Waals surface area contributed by atoms with E-state index in [1.165, 1.54) is 25.3 Å². The first kappa shape index (κ1) is 28.9. The van der Waals surface area contributed by atoms with Gasteiger partial charge in [0.2, 0.25) is 0 Å². The van der Waals surface area contributed by atoms with Gasteiger partial charge >= 0.3 is 5.97 Å². The zero-order valence-corrected chi connectivity index (χ0v) is 21.9. The quantitative estimate of drug-likeness (QED) is 0.186. The molecule has 202 valence electrons. The van der Waals surface area contributed by atoms with Crippen molar-refractivity contribution in [3.8, 4) is 16.9 Å². The van der Waals surface area contributed by atoms with Crippen molar-refractivity contribution in [2.24, 2.45) is 11.7 Å². The smallest absolute Gasteiger partial charge is 0.355 e. The Hall–Kier alpha value is -4.70. The summed E-state index contributed by atoms with van der Waals surface area (Å²) < 4.78 is 5.44. The van der Waals surface area contributed by atoms with Crippen molar-refractivity contribution in [3.05, 3.63) is 83.2 Å². The molecule has 0 radical (unpaired) electrons. The Balaban J connectivity index is 0.00000420. The van der Waals surface area contributed by atoms with Gasteiger partial charge in [-0.1, -0.05) is 12.7 Å². The van der Waals surface area contributed by atoms with Crippen molar-refractivity contribution in [2.45, 2.75) is 12.8 Å². The summed E-state index contributed by atoms with van der Waals surface area (Å²) in [5, 5.41) is 23.0. The van der Waals surface area contributed by atoms with Gasteiger partial charge in [0.1, 0.15) is 17.3 Å². The molecule has 6 N–H and O–H groups in total. The van der Waals surface area contributed by atoms with Crippen molar-refractivity contribution in [1.29, 1.82) is 5.41 Å². The molecule has 0 atom stereocenters. The number of nitrogen functional groups attached to an aromatic ring is 1. The maximum absolute atomic E-state index is 13.4. The van der Waals surface area contributed by atoms with Gasteiger partial charge in [0, 0.05) is 40.0 Å². The molecule has 39 heavy (non-hydrogen) atoms. The fraction of sp³-hybridized carbons (Fsp3) is 0.179. The number of anilines is 1. The average Bonchev–Trinajstić information content (AvgIpc) is 3.75. The van der Waals surface area contributed by atoms with E-state index in [0.29, 0.717) is 35.0 Å². The van der Waals surface area contributed by atoms with E-state index < -0.39 is 17.8 Å². The summed E-state index contributed by atoms with van der Waals surface area (Å²) in [6, 6.07) is 12.4. The molecular formula is C28H28ClN5O5. The SMILES string of the molecule is C=Cc1cc(C(=O)Nc2ccc(C(=N)N)cc2)c(-c2ccc(C(=O)NCC3CC3)nc2C(=O)O)cc1OC.Cl. The van der Waals surface area contributed by atoms with Gasteiger partial charge in [-0.3, -0.25) is 15.0 Å². The summed E-state index contributed by atoms with van der Waals surface area (Å²) in [4.78, 5) is 42.3. The molecule has 4 rings (SSSR count). The summed E-state index contributed by atoms with van der Waals surface area (Å²) >= 11 is 0. The highest BCUT2D eigenvalue weighted by molar-refractivity contribution is 6.11. The first-order chi connectivity index (χ1) is 18.2. The molecule has 2 amide bonds. The van der Waals surface area contributed by atoms with E-state index in [2.05, 4.69) is 22.2 Å². The number of nitrogens with two attached hydrogens (primary N) is 1. The second-order valence-corrected chi connectivity index (χ2v) is 8.84.